The van der Waals surface area contributed by atoms with Gasteiger partial charge in [-0.25, -0.2) is 0 Å². The van der Waals surface area contributed by atoms with Gasteiger partial charge in [0.05, 0.1) is 6.54 Å². The Labute approximate surface area is 122 Å². The average Bonchev–Trinajstić information content (AvgIpc) is 2.33. The van der Waals surface area contributed by atoms with Gasteiger partial charge in [0.2, 0.25) is 11.8 Å². The molecule has 0 aromatic carbocycles. The molecule has 1 saturated carbocycles. The van der Waals surface area contributed by atoms with Crippen LogP contribution >= 0.6 is 0 Å². The van der Waals surface area contributed by atoms with Crippen molar-refractivity contribution in [1.82, 2.24) is 10.2 Å². The van der Waals surface area contributed by atoms with Gasteiger partial charge in [0.25, 0.3) is 0 Å². The number of carbonyl (C=O) groups excluding carboxylic acids is 2. The zero-order chi connectivity index (χ0) is 15.3. The number of hydrogen-bond donors (Lipinski definition) is 2. The quantitative estimate of drug-likeness (QED) is 0.794. The minimum atomic E-state index is -0.0941. The molecule has 5 heteroatoms. The Balaban J connectivity index is 2.59. The monoisotopic (exact) mass is 283 g/mol. The summed E-state index contributed by atoms with van der Waals surface area (Å²) in [5.74, 6) is 0.438. The van der Waals surface area contributed by atoms with Crippen LogP contribution in [0.15, 0.2) is 0 Å². The van der Waals surface area contributed by atoms with Crippen molar-refractivity contribution in [3.05, 3.63) is 0 Å². The lowest BCUT2D eigenvalue weighted by molar-refractivity contribution is -0.140. The lowest BCUT2D eigenvalue weighted by atomic mass is 9.79. The van der Waals surface area contributed by atoms with E-state index in [0.717, 1.165) is 19.3 Å². The number of hydrogen-bond acceptors (Lipinski definition) is 3. The first kappa shape index (κ1) is 17.0. The molecule has 0 radical (unpaired) electrons. The normalized spacial score (nSPS) is 26.4. The molecule has 1 aliphatic carbocycles. The fourth-order valence-corrected chi connectivity index (χ4v) is 3.00. The van der Waals surface area contributed by atoms with Crippen LogP contribution < -0.4 is 11.1 Å². The van der Waals surface area contributed by atoms with E-state index in [1.165, 1.54) is 0 Å². The van der Waals surface area contributed by atoms with Crippen LogP contribution in [-0.4, -0.2) is 41.9 Å². The second kappa shape index (κ2) is 7.62. The molecule has 2 amide bonds. The highest BCUT2D eigenvalue weighted by molar-refractivity contribution is 5.86. The van der Waals surface area contributed by atoms with E-state index in [2.05, 4.69) is 12.2 Å². The number of nitrogens with one attached hydrogen (secondary N) is 1. The van der Waals surface area contributed by atoms with E-state index in [-0.39, 0.29) is 36.4 Å². The van der Waals surface area contributed by atoms with Gasteiger partial charge < -0.3 is 16.0 Å². The van der Waals surface area contributed by atoms with E-state index in [4.69, 9.17) is 5.73 Å². The second-order valence-corrected chi connectivity index (χ2v) is 6.34. The van der Waals surface area contributed by atoms with Crippen molar-refractivity contribution in [3.63, 3.8) is 0 Å². The number of rotatable bonds is 5. The van der Waals surface area contributed by atoms with Gasteiger partial charge in [-0.3, -0.25) is 9.59 Å². The van der Waals surface area contributed by atoms with Gasteiger partial charge >= 0.3 is 0 Å². The number of likely N-dealkylation sites (N-methyl/N-ethyl adjacent to an activating group) is 1. The van der Waals surface area contributed by atoms with Crippen LogP contribution in [0.4, 0.5) is 0 Å². The summed E-state index contributed by atoms with van der Waals surface area (Å²) in [5.41, 5.74) is 6.01. The van der Waals surface area contributed by atoms with E-state index < -0.39 is 0 Å². The Bertz CT molecular complexity index is 334. The molecule has 5 nitrogen and oxygen atoms in total. The van der Waals surface area contributed by atoms with Gasteiger partial charge in [-0.05, 0) is 46.0 Å². The summed E-state index contributed by atoms with van der Waals surface area (Å²) in [6.07, 6.45) is 2.62. The van der Waals surface area contributed by atoms with Crippen molar-refractivity contribution in [2.24, 2.45) is 17.6 Å². The Morgan fingerprint density at radius 3 is 2.45 bits per heavy atom. The maximum atomic E-state index is 12.5. The van der Waals surface area contributed by atoms with Crippen molar-refractivity contribution >= 4 is 11.8 Å². The molecule has 1 rings (SSSR count). The van der Waals surface area contributed by atoms with Crippen molar-refractivity contribution in [2.75, 3.05) is 13.1 Å². The first-order valence-corrected chi connectivity index (χ1v) is 7.67. The Morgan fingerprint density at radius 2 is 1.95 bits per heavy atom. The Morgan fingerprint density at radius 1 is 1.30 bits per heavy atom. The van der Waals surface area contributed by atoms with Gasteiger partial charge in [-0.2, -0.15) is 0 Å². The van der Waals surface area contributed by atoms with Crippen LogP contribution in [0.2, 0.25) is 0 Å². The molecule has 3 atom stereocenters. The van der Waals surface area contributed by atoms with Gasteiger partial charge in [-0.1, -0.05) is 6.92 Å². The SMILES string of the molecule is CCN(CC(=O)NC(C)C)C(=O)C1CC(C)CC(N)C1. The van der Waals surface area contributed by atoms with E-state index in [1.807, 2.05) is 20.8 Å². The summed E-state index contributed by atoms with van der Waals surface area (Å²) < 4.78 is 0. The molecule has 0 saturated heterocycles. The molecule has 0 aromatic rings. The van der Waals surface area contributed by atoms with Gasteiger partial charge in [0.15, 0.2) is 0 Å². The number of nitrogens with zero attached hydrogens (tertiary/aromatic N) is 1. The smallest absolute Gasteiger partial charge is 0.239 e. The zero-order valence-corrected chi connectivity index (χ0v) is 13.2. The molecular weight excluding hydrogens is 254 g/mol. The fraction of sp³-hybridized carbons (Fsp3) is 0.867. The van der Waals surface area contributed by atoms with Crippen LogP contribution in [0.3, 0.4) is 0 Å². The molecule has 20 heavy (non-hydrogen) atoms. The first-order chi connectivity index (χ1) is 9.33. The first-order valence-electron chi connectivity index (χ1n) is 7.67. The molecule has 3 unspecified atom stereocenters. The highest BCUT2D eigenvalue weighted by atomic mass is 16.2. The predicted molar refractivity (Wildman–Crippen MR) is 80.0 cm³/mol. The molecule has 0 bridgehead atoms. The summed E-state index contributed by atoms with van der Waals surface area (Å²) in [6, 6.07) is 0.204. The third-order valence-electron chi connectivity index (χ3n) is 3.81. The van der Waals surface area contributed by atoms with Crippen LogP contribution in [0.25, 0.3) is 0 Å². The largest absolute Gasteiger partial charge is 0.352 e. The topological polar surface area (TPSA) is 75.4 Å². The number of amides is 2. The van der Waals surface area contributed by atoms with Crippen molar-refractivity contribution in [1.29, 1.82) is 0 Å². The highest BCUT2D eigenvalue weighted by Crippen LogP contribution is 2.29. The van der Waals surface area contributed by atoms with E-state index in [9.17, 15) is 9.59 Å². The minimum Gasteiger partial charge on any atom is -0.352 e. The Kier molecular flexibility index (Phi) is 6.46. The summed E-state index contributed by atoms with van der Waals surface area (Å²) in [4.78, 5) is 26.0. The van der Waals surface area contributed by atoms with E-state index >= 15 is 0 Å². The number of nitrogens with two attached hydrogens (primary N) is 1. The molecule has 1 aliphatic rings. The van der Waals surface area contributed by atoms with Gasteiger partial charge in [0, 0.05) is 24.5 Å². The van der Waals surface area contributed by atoms with Crippen LogP contribution in [0.1, 0.15) is 47.0 Å². The molecule has 1 fully saturated rings. The van der Waals surface area contributed by atoms with Crippen LogP contribution in [0, 0.1) is 11.8 Å². The minimum absolute atomic E-state index is 0.0273. The maximum absolute atomic E-state index is 12.5. The van der Waals surface area contributed by atoms with Gasteiger partial charge in [0.1, 0.15) is 0 Å². The van der Waals surface area contributed by atoms with Crippen molar-refractivity contribution in [2.45, 2.75) is 59.0 Å². The second-order valence-electron chi connectivity index (χ2n) is 6.34. The summed E-state index contributed by atoms with van der Waals surface area (Å²) in [7, 11) is 0. The predicted octanol–water partition coefficient (Wildman–Crippen LogP) is 1.12. The molecule has 0 heterocycles. The van der Waals surface area contributed by atoms with E-state index in [0.29, 0.717) is 12.5 Å². The maximum Gasteiger partial charge on any atom is 0.239 e. The molecule has 116 valence electrons. The fourth-order valence-electron chi connectivity index (χ4n) is 3.00. The molecular formula is C15H29N3O2. The average molecular weight is 283 g/mol. The standard InChI is InChI=1S/C15H29N3O2/c1-5-18(9-14(19)17-10(2)3)15(20)12-6-11(4)7-13(16)8-12/h10-13H,5-9,16H2,1-4H3,(H,17,19). The number of carbonyl (C=O) groups is 2. The van der Waals surface area contributed by atoms with Crippen LogP contribution in [-0.2, 0) is 9.59 Å². The molecule has 0 aromatic heterocycles. The highest BCUT2D eigenvalue weighted by Gasteiger charge is 2.32. The lowest BCUT2D eigenvalue weighted by Gasteiger charge is -2.33. The van der Waals surface area contributed by atoms with Crippen molar-refractivity contribution in [3.8, 4) is 0 Å². The molecule has 0 aliphatic heterocycles. The lowest BCUT2D eigenvalue weighted by Crippen LogP contribution is -2.47. The molecule has 3 N–H and O–H groups in total. The Hall–Kier alpha value is -1.10. The summed E-state index contributed by atoms with van der Waals surface area (Å²) in [5, 5.41) is 2.83. The zero-order valence-electron chi connectivity index (χ0n) is 13.2. The third kappa shape index (κ3) is 5.12. The van der Waals surface area contributed by atoms with Crippen LogP contribution in [0.5, 0.6) is 0 Å². The third-order valence-corrected chi connectivity index (χ3v) is 3.81. The molecule has 0 spiro atoms. The van der Waals surface area contributed by atoms with Gasteiger partial charge in [-0.15, -0.1) is 0 Å². The summed E-state index contributed by atoms with van der Waals surface area (Å²) in [6.45, 7) is 8.58. The van der Waals surface area contributed by atoms with Crippen molar-refractivity contribution < 1.29 is 9.59 Å². The summed E-state index contributed by atoms with van der Waals surface area (Å²) >= 11 is 0. The van der Waals surface area contributed by atoms with E-state index in [1.54, 1.807) is 4.90 Å².